The second-order valence-corrected chi connectivity index (χ2v) is 4.51. The van der Waals surface area contributed by atoms with Crippen LogP contribution in [0.2, 0.25) is 0 Å². The van der Waals surface area contributed by atoms with Gasteiger partial charge in [-0.1, -0.05) is 20.3 Å². The van der Waals surface area contributed by atoms with Gasteiger partial charge in [0.2, 0.25) is 0 Å². The van der Waals surface area contributed by atoms with Crippen LogP contribution in [0.3, 0.4) is 0 Å². The zero-order valence-corrected chi connectivity index (χ0v) is 10.3. The van der Waals surface area contributed by atoms with Crippen molar-refractivity contribution in [1.29, 1.82) is 0 Å². The van der Waals surface area contributed by atoms with Gasteiger partial charge in [-0.2, -0.15) is 0 Å². The Morgan fingerprint density at radius 3 is 2.09 bits per heavy atom. The third-order valence-corrected chi connectivity index (χ3v) is 4.23. The lowest BCUT2D eigenvalue weighted by molar-refractivity contribution is -0.174. The Labute approximate surface area is 72.7 Å². The Morgan fingerprint density at radius 2 is 1.82 bits per heavy atom. The normalized spacial score (nSPS) is 15.3. The van der Waals surface area contributed by atoms with Crippen LogP contribution in [-0.2, 0) is 9.47 Å². The van der Waals surface area contributed by atoms with E-state index in [-0.39, 0.29) is 5.41 Å². The molecule has 0 aromatic rings. The summed E-state index contributed by atoms with van der Waals surface area (Å²) in [5, 5.41) is 0. The molecule has 0 bridgehead atoms. The summed E-state index contributed by atoms with van der Waals surface area (Å²) in [4.78, 5) is 0. The van der Waals surface area contributed by atoms with E-state index in [1.54, 1.807) is 14.2 Å². The molecule has 0 fully saturated rings. The maximum absolute atomic E-state index is 5.34. The fourth-order valence-corrected chi connectivity index (χ4v) is 1.47. The molecule has 1 atom stereocenters. The van der Waals surface area contributed by atoms with E-state index in [4.69, 9.17) is 9.47 Å². The molecule has 0 aliphatic rings. The lowest BCUT2D eigenvalue weighted by atomic mass is 10.1. The summed E-state index contributed by atoms with van der Waals surface area (Å²) < 4.78 is 10.7. The molecule has 3 heteroatoms. The summed E-state index contributed by atoms with van der Waals surface area (Å²) in [5.74, 6) is 0.508. The minimum absolute atomic E-state index is 0.268. The number of ether oxygens (including phenoxy) is 2. The van der Waals surface area contributed by atoms with Gasteiger partial charge >= 0.3 is 0 Å². The molecule has 0 heterocycles. The molecule has 0 aliphatic heterocycles. The van der Waals surface area contributed by atoms with Crippen LogP contribution in [-0.4, -0.2) is 29.9 Å². The van der Waals surface area contributed by atoms with Gasteiger partial charge < -0.3 is 9.47 Å². The zero-order valence-electron chi connectivity index (χ0n) is 8.31. The predicted molar refractivity (Wildman–Crippen MR) is 50.8 cm³/mol. The van der Waals surface area contributed by atoms with Crippen LogP contribution in [0, 0.1) is 5.92 Å². The van der Waals surface area contributed by atoms with E-state index in [9.17, 15) is 0 Å². The summed E-state index contributed by atoms with van der Waals surface area (Å²) in [7, 11) is 4.37. The maximum Gasteiger partial charge on any atom is 0.143 e. The van der Waals surface area contributed by atoms with Crippen molar-refractivity contribution in [3.05, 3.63) is 0 Å². The second-order valence-electron chi connectivity index (χ2n) is 3.11. The molecule has 11 heavy (non-hydrogen) atoms. The van der Waals surface area contributed by atoms with Crippen molar-refractivity contribution >= 4 is 10.2 Å². The lowest BCUT2D eigenvalue weighted by Crippen LogP contribution is -2.41. The SMILES string of the molecule is CCCC(C)C([SiH3])(OC)OC. The molecule has 0 saturated heterocycles. The minimum Gasteiger partial charge on any atom is -0.358 e. The lowest BCUT2D eigenvalue weighted by Gasteiger charge is -2.33. The number of rotatable bonds is 5. The van der Waals surface area contributed by atoms with Crippen molar-refractivity contribution < 1.29 is 9.47 Å². The van der Waals surface area contributed by atoms with Crippen LogP contribution >= 0.6 is 0 Å². The highest BCUT2D eigenvalue weighted by atomic mass is 28.1. The molecule has 0 saturated carbocycles. The first kappa shape index (κ1) is 11.1. The van der Waals surface area contributed by atoms with Crippen molar-refractivity contribution in [3.8, 4) is 0 Å². The standard InChI is InChI=1S/C8H20O2Si/c1-5-6-7(2)8(11,9-3)10-4/h7H,5-6H2,1-4,11H3. The molecule has 68 valence electrons. The first-order chi connectivity index (χ1) is 5.10. The number of hydrogen-bond donors (Lipinski definition) is 0. The van der Waals surface area contributed by atoms with Gasteiger partial charge in [-0.3, -0.25) is 0 Å². The highest BCUT2D eigenvalue weighted by Gasteiger charge is 2.29. The zero-order chi connectivity index (χ0) is 8.91. The first-order valence-electron chi connectivity index (χ1n) is 4.21. The highest BCUT2D eigenvalue weighted by molar-refractivity contribution is 6.13. The van der Waals surface area contributed by atoms with Crippen molar-refractivity contribution in [2.45, 2.75) is 32.1 Å². The van der Waals surface area contributed by atoms with Crippen LogP contribution in [0.1, 0.15) is 26.7 Å². The Kier molecular flexibility index (Phi) is 4.96. The van der Waals surface area contributed by atoms with E-state index in [1.165, 1.54) is 12.8 Å². The molecule has 2 nitrogen and oxygen atoms in total. The molecule has 0 aromatic heterocycles. The van der Waals surface area contributed by atoms with Gasteiger partial charge in [-0.25, -0.2) is 0 Å². The molecular formula is C8H20O2Si. The highest BCUT2D eigenvalue weighted by Crippen LogP contribution is 2.22. The van der Waals surface area contributed by atoms with Gasteiger partial charge in [0.1, 0.15) is 5.41 Å². The molecule has 0 N–H and O–H groups in total. The summed E-state index contributed by atoms with van der Waals surface area (Å²) in [6.45, 7) is 4.37. The molecule has 1 unspecified atom stereocenters. The Morgan fingerprint density at radius 1 is 1.36 bits per heavy atom. The van der Waals surface area contributed by atoms with Crippen LogP contribution < -0.4 is 0 Å². The average molecular weight is 176 g/mol. The Hall–Kier alpha value is 0.137. The molecule has 0 radical (unpaired) electrons. The van der Waals surface area contributed by atoms with Crippen molar-refractivity contribution in [2.75, 3.05) is 14.2 Å². The van der Waals surface area contributed by atoms with Gasteiger partial charge in [0, 0.05) is 20.1 Å². The van der Waals surface area contributed by atoms with Gasteiger partial charge in [-0.15, -0.1) is 0 Å². The fraction of sp³-hybridized carbons (Fsp3) is 1.00. The van der Waals surface area contributed by atoms with Gasteiger partial charge in [0.25, 0.3) is 0 Å². The Bertz CT molecular complexity index is 102. The van der Waals surface area contributed by atoms with E-state index in [0.717, 1.165) is 10.2 Å². The molecule has 0 aromatic carbocycles. The monoisotopic (exact) mass is 176 g/mol. The van der Waals surface area contributed by atoms with Gasteiger partial charge in [-0.05, 0) is 6.42 Å². The van der Waals surface area contributed by atoms with E-state index in [2.05, 4.69) is 13.8 Å². The minimum atomic E-state index is -0.268. The van der Waals surface area contributed by atoms with Crippen LogP contribution in [0.25, 0.3) is 0 Å². The maximum atomic E-state index is 5.34. The van der Waals surface area contributed by atoms with Crippen LogP contribution in [0.4, 0.5) is 0 Å². The van der Waals surface area contributed by atoms with Crippen LogP contribution in [0.5, 0.6) is 0 Å². The first-order valence-corrected chi connectivity index (χ1v) is 5.21. The predicted octanol–water partition coefficient (Wildman–Crippen LogP) is 0.735. The quantitative estimate of drug-likeness (QED) is 0.454. The van der Waals surface area contributed by atoms with E-state index >= 15 is 0 Å². The van der Waals surface area contributed by atoms with E-state index in [0.29, 0.717) is 5.92 Å². The summed E-state index contributed by atoms with van der Waals surface area (Å²) in [6.07, 6.45) is 2.36. The van der Waals surface area contributed by atoms with E-state index in [1.807, 2.05) is 0 Å². The average Bonchev–Trinajstić information content (AvgIpc) is 2.03. The number of hydrogen-bond acceptors (Lipinski definition) is 2. The van der Waals surface area contributed by atoms with Gasteiger partial charge in [0.15, 0.2) is 0 Å². The van der Waals surface area contributed by atoms with E-state index < -0.39 is 0 Å². The largest absolute Gasteiger partial charge is 0.358 e. The van der Waals surface area contributed by atoms with Crippen molar-refractivity contribution in [1.82, 2.24) is 0 Å². The number of methoxy groups -OCH3 is 2. The Balaban J connectivity index is 4.00. The van der Waals surface area contributed by atoms with Crippen LogP contribution in [0.15, 0.2) is 0 Å². The molecule has 0 rings (SSSR count). The topological polar surface area (TPSA) is 18.5 Å². The third kappa shape index (κ3) is 2.93. The second kappa shape index (κ2) is 4.90. The smallest absolute Gasteiger partial charge is 0.143 e. The van der Waals surface area contributed by atoms with Crippen molar-refractivity contribution in [2.24, 2.45) is 5.92 Å². The molecule has 0 amide bonds. The molecule has 0 spiro atoms. The summed E-state index contributed by atoms with van der Waals surface area (Å²) >= 11 is 0. The third-order valence-electron chi connectivity index (χ3n) is 2.43. The van der Waals surface area contributed by atoms with Crippen molar-refractivity contribution in [3.63, 3.8) is 0 Å². The molecular weight excluding hydrogens is 156 g/mol. The summed E-state index contributed by atoms with van der Waals surface area (Å²) in [6, 6.07) is 0. The fourth-order valence-electron chi connectivity index (χ4n) is 1.18. The summed E-state index contributed by atoms with van der Waals surface area (Å²) in [5.41, 5.74) is -0.268. The molecule has 0 aliphatic carbocycles. The van der Waals surface area contributed by atoms with Gasteiger partial charge in [0.05, 0.1) is 10.2 Å².